The monoisotopic (exact) mass is 154 g/mol. The maximum absolute atomic E-state index is 11.2. The van der Waals surface area contributed by atoms with E-state index in [1.165, 1.54) is 26.4 Å². The zero-order valence-electron chi connectivity index (χ0n) is 6.88. The van der Waals surface area contributed by atoms with Gasteiger partial charge in [-0.2, -0.15) is 0 Å². The Bertz CT molecular complexity index is 176. The van der Waals surface area contributed by atoms with Gasteiger partial charge in [-0.3, -0.25) is 4.79 Å². The summed E-state index contributed by atoms with van der Waals surface area (Å²) >= 11 is 0. The van der Waals surface area contributed by atoms with E-state index in [4.69, 9.17) is 4.74 Å². The molecule has 2 heteroatoms. The van der Waals surface area contributed by atoms with Crippen molar-refractivity contribution in [3.8, 4) is 0 Å². The fourth-order valence-corrected chi connectivity index (χ4v) is 2.35. The molecule has 0 radical (unpaired) electrons. The number of carbonyl (C=O) groups is 1. The molecular formula is C9H14O2. The lowest BCUT2D eigenvalue weighted by Gasteiger charge is -2.18. The fourth-order valence-electron chi connectivity index (χ4n) is 2.35. The van der Waals surface area contributed by atoms with Crippen molar-refractivity contribution in [2.75, 3.05) is 7.11 Å². The molecule has 0 bridgehead atoms. The Balaban J connectivity index is 1.97. The molecule has 11 heavy (non-hydrogen) atoms. The maximum atomic E-state index is 11.2. The van der Waals surface area contributed by atoms with E-state index in [-0.39, 0.29) is 11.9 Å². The van der Waals surface area contributed by atoms with E-state index in [1.54, 1.807) is 0 Å². The van der Waals surface area contributed by atoms with Crippen molar-refractivity contribution in [2.24, 2.45) is 17.8 Å². The van der Waals surface area contributed by atoms with E-state index in [0.717, 1.165) is 12.3 Å². The van der Waals surface area contributed by atoms with Crippen LogP contribution in [0.15, 0.2) is 0 Å². The number of esters is 1. The van der Waals surface area contributed by atoms with Crippen LogP contribution in [0.2, 0.25) is 0 Å². The van der Waals surface area contributed by atoms with Gasteiger partial charge in [-0.05, 0) is 24.7 Å². The van der Waals surface area contributed by atoms with E-state index in [1.807, 2.05) is 0 Å². The Hall–Kier alpha value is -0.530. The Labute approximate surface area is 66.9 Å². The minimum Gasteiger partial charge on any atom is -0.469 e. The highest BCUT2D eigenvalue weighted by atomic mass is 16.5. The molecule has 0 aromatic heterocycles. The average Bonchev–Trinajstić information content (AvgIpc) is 2.80. The van der Waals surface area contributed by atoms with Crippen LogP contribution < -0.4 is 0 Å². The van der Waals surface area contributed by atoms with E-state index in [0.29, 0.717) is 5.92 Å². The molecule has 2 nitrogen and oxygen atoms in total. The smallest absolute Gasteiger partial charge is 0.308 e. The predicted molar refractivity (Wildman–Crippen MR) is 41.0 cm³/mol. The van der Waals surface area contributed by atoms with Crippen LogP contribution in [-0.4, -0.2) is 13.1 Å². The van der Waals surface area contributed by atoms with Gasteiger partial charge in [-0.1, -0.05) is 12.8 Å². The van der Waals surface area contributed by atoms with Gasteiger partial charge >= 0.3 is 5.97 Å². The summed E-state index contributed by atoms with van der Waals surface area (Å²) in [7, 11) is 1.49. The minimum atomic E-state index is 0.0252. The van der Waals surface area contributed by atoms with Crippen LogP contribution in [0.1, 0.15) is 25.7 Å². The lowest BCUT2D eigenvalue weighted by molar-refractivity contribution is -0.147. The third-order valence-electron chi connectivity index (χ3n) is 3.09. The van der Waals surface area contributed by atoms with Gasteiger partial charge in [0.1, 0.15) is 0 Å². The second kappa shape index (κ2) is 2.50. The standard InChI is InChI=1S/C9H14O2/c1-11-9(10)7-4-2-3-6-5-8(6)7/h6-8H,2-5H2,1H3/t6-,7-,8+/m0/s1. The van der Waals surface area contributed by atoms with Crippen LogP contribution in [0.3, 0.4) is 0 Å². The Kier molecular flexibility index (Phi) is 1.63. The third kappa shape index (κ3) is 1.15. The molecule has 0 aromatic carbocycles. The van der Waals surface area contributed by atoms with Gasteiger partial charge in [-0.25, -0.2) is 0 Å². The molecule has 0 aliphatic heterocycles. The molecule has 62 valence electrons. The second-order valence-corrected chi connectivity index (χ2v) is 3.72. The van der Waals surface area contributed by atoms with Crippen LogP contribution >= 0.6 is 0 Å². The Morgan fingerprint density at radius 1 is 1.45 bits per heavy atom. The van der Waals surface area contributed by atoms with Crippen LogP contribution in [0.4, 0.5) is 0 Å². The number of carbonyl (C=O) groups excluding carboxylic acids is 1. The summed E-state index contributed by atoms with van der Waals surface area (Å²) in [6.45, 7) is 0. The van der Waals surface area contributed by atoms with Crippen molar-refractivity contribution in [1.29, 1.82) is 0 Å². The highest BCUT2D eigenvalue weighted by molar-refractivity contribution is 5.73. The number of rotatable bonds is 1. The van der Waals surface area contributed by atoms with Crippen LogP contribution in [0.25, 0.3) is 0 Å². The molecule has 2 aliphatic rings. The summed E-state index contributed by atoms with van der Waals surface area (Å²) in [4.78, 5) is 11.2. The van der Waals surface area contributed by atoms with Crippen LogP contribution in [0, 0.1) is 17.8 Å². The summed E-state index contributed by atoms with van der Waals surface area (Å²) in [5, 5.41) is 0. The van der Waals surface area contributed by atoms with Crippen LogP contribution in [-0.2, 0) is 9.53 Å². The number of hydrogen-bond donors (Lipinski definition) is 0. The Morgan fingerprint density at radius 3 is 3.00 bits per heavy atom. The maximum Gasteiger partial charge on any atom is 0.308 e. The lowest BCUT2D eigenvalue weighted by atomic mass is 9.89. The Morgan fingerprint density at radius 2 is 2.27 bits per heavy atom. The summed E-state index contributed by atoms with van der Waals surface area (Å²) in [6.07, 6.45) is 4.91. The van der Waals surface area contributed by atoms with Crippen molar-refractivity contribution in [1.82, 2.24) is 0 Å². The van der Waals surface area contributed by atoms with E-state index >= 15 is 0 Å². The van der Waals surface area contributed by atoms with Gasteiger partial charge in [0.15, 0.2) is 0 Å². The van der Waals surface area contributed by atoms with E-state index < -0.39 is 0 Å². The van der Waals surface area contributed by atoms with Gasteiger partial charge in [0, 0.05) is 0 Å². The van der Waals surface area contributed by atoms with Crippen molar-refractivity contribution in [3.05, 3.63) is 0 Å². The predicted octanol–water partition coefficient (Wildman–Crippen LogP) is 1.60. The SMILES string of the molecule is COC(=O)[C@H]1CCC[C@H]2C[C@H]21. The summed E-state index contributed by atoms with van der Waals surface area (Å²) in [5.74, 6) is 1.83. The number of ether oxygens (including phenoxy) is 1. The molecule has 2 fully saturated rings. The van der Waals surface area contributed by atoms with Crippen LogP contribution in [0.5, 0.6) is 0 Å². The molecule has 0 aromatic rings. The molecule has 3 atom stereocenters. The molecule has 0 N–H and O–H groups in total. The molecule has 0 unspecified atom stereocenters. The van der Waals surface area contributed by atoms with E-state index in [2.05, 4.69) is 0 Å². The molecule has 2 rings (SSSR count). The molecule has 2 aliphatic carbocycles. The molecular weight excluding hydrogens is 140 g/mol. The second-order valence-electron chi connectivity index (χ2n) is 3.72. The highest BCUT2D eigenvalue weighted by Crippen LogP contribution is 2.52. The highest BCUT2D eigenvalue weighted by Gasteiger charge is 2.48. The van der Waals surface area contributed by atoms with Gasteiger partial charge in [-0.15, -0.1) is 0 Å². The molecule has 0 amide bonds. The third-order valence-corrected chi connectivity index (χ3v) is 3.09. The first-order valence-corrected chi connectivity index (χ1v) is 4.40. The van der Waals surface area contributed by atoms with Crippen molar-refractivity contribution in [2.45, 2.75) is 25.7 Å². The minimum absolute atomic E-state index is 0.0252. The summed E-state index contributed by atoms with van der Waals surface area (Å²) in [5.41, 5.74) is 0. The number of methoxy groups -OCH3 is 1. The van der Waals surface area contributed by atoms with Gasteiger partial charge in [0.25, 0.3) is 0 Å². The fraction of sp³-hybridized carbons (Fsp3) is 0.889. The molecule has 2 saturated carbocycles. The average molecular weight is 154 g/mol. The summed E-state index contributed by atoms with van der Waals surface area (Å²) in [6, 6.07) is 0. The molecule has 0 saturated heterocycles. The van der Waals surface area contributed by atoms with E-state index in [9.17, 15) is 4.79 Å². The lowest BCUT2D eigenvalue weighted by Crippen LogP contribution is -2.21. The first-order valence-electron chi connectivity index (χ1n) is 4.40. The molecule has 0 spiro atoms. The van der Waals surface area contributed by atoms with Gasteiger partial charge in [0.2, 0.25) is 0 Å². The van der Waals surface area contributed by atoms with Crippen molar-refractivity contribution >= 4 is 5.97 Å². The zero-order valence-corrected chi connectivity index (χ0v) is 6.88. The van der Waals surface area contributed by atoms with Crippen molar-refractivity contribution in [3.63, 3.8) is 0 Å². The van der Waals surface area contributed by atoms with Crippen molar-refractivity contribution < 1.29 is 9.53 Å². The first kappa shape index (κ1) is 7.14. The largest absolute Gasteiger partial charge is 0.469 e. The normalized spacial score (nSPS) is 41.0. The molecule has 0 heterocycles. The van der Waals surface area contributed by atoms with Gasteiger partial charge < -0.3 is 4.74 Å². The number of fused-ring (bicyclic) bond motifs is 1. The van der Waals surface area contributed by atoms with Gasteiger partial charge in [0.05, 0.1) is 13.0 Å². The quantitative estimate of drug-likeness (QED) is 0.536. The summed E-state index contributed by atoms with van der Waals surface area (Å²) < 4.78 is 4.75. The topological polar surface area (TPSA) is 26.3 Å². The zero-order chi connectivity index (χ0) is 7.84. The first-order chi connectivity index (χ1) is 5.33. The number of hydrogen-bond acceptors (Lipinski definition) is 2.